The molecular weight excluding hydrogens is 408 g/mol. The van der Waals surface area contributed by atoms with E-state index in [-0.39, 0.29) is 12.5 Å². The Morgan fingerprint density at radius 3 is 2.17 bits per heavy atom. The van der Waals surface area contributed by atoms with Crippen LogP contribution in [0.1, 0.15) is 0 Å². The van der Waals surface area contributed by atoms with Crippen molar-refractivity contribution >= 4 is 52.4 Å². The third-order valence-electron chi connectivity index (χ3n) is 4.36. The third-order valence-corrected chi connectivity index (χ3v) is 5.72. The molecule has 0 unspecified atom stereocenters. The number of nitrogens with two attached hydrogens (primary N) is 1. The van der Waals surface area contributed by atoms with Gasteiger partial charge in [-0.25, -0.2) is 9.80 Å². The molecule has 4 rings (SSSR count). The van der Waals surface area contributed by atoms with E-state index in [1.165, 1.54) is 0 Å². The number of amides is 3. The number of hydrogen-bond acceptors (Lipinski definition) is 4. The summed E-state index contributed by atoms with van der Waals surface area (Å²) < 4.78 is 0. The Balaban J connectivity index is 1.60. The lowest BCUT2D eigenvalue weighted by Crippen LogP contribution is -2.51. The van der Waals surface area contributed by atoms with Crippen LogP contribution in [0.5, 0.6) is 0 Å². The van der Waals surface area contributed by atoms with Crippen molar-refractivity contribution in [1.82, 2.24) is 5.43 Å². The highest BCUT2D eigenvalue weighted by Gasteiger charge is 2.26. The number of halogens is 1. The van der Waals surface area contributed by atoms with Crippen molar-refractivity contribution in [2.45, 2.75) is 9.79 Å². The number of nitrogens with one attached hydrogen (secondary N) is 1. The predicted octanol–water partition coefficient (Wildman–Crippen LogP) is 4.56. The van der Waals surface area contributed by atoms with E-state index >= 15 is 0 Å². The molecule has 146 valence electrons. The zero-order valence-electron chi connectivity index (χ0n) is 15.2. The number of primary amides is 1. The molecule has 0 atom stereocenters. The number of hydrazine groups is 1. The first-order chi connectivity index (χ1) is 14.0. The monoisotopic (exact) mass is 424 g/mol. The second-order valence-electron chi connectivity index (χ2n) is 6.31. The second kappa shape index (κ2) is 8.06. The Bertz CT molecular complexity index is 1050. The topological polar surface area (TPSA) is 78.7 Å². The molecule has 1 aliphatic rings. The summed E-state index contributed by atoms with van der Waals surface area (Å²) in [6.45, 7) is 0.0128. The van der Waals surface area contributed by atoms with Crippen LogP contribution in [-0.2, 0) is 4.79 Å². The highest BCUT2D eigenvalue weighted by Crippen LogP contribution is 2.47. The number of benzene rings is 3. The average Bonchev–Trinajstić information content (AvgIpc) is 2.71. The third kappa shape index (κ3) is 4.01. The summed E-state index contributed by atoms with van der Waals surface area (Å²) in [5, 5.41) is 1.42. The van der Waals surface area contributed by atoms with Crippen LogP contribution >= 0.6 is 23.4 Å². The Kier molecular flexibility index (Phi) is 5.33. The van der Waals surface area contributed by atoms with E-state index in [0.717, 1.165) is 26.2 Å². The fraction of sp³-hybridized carbons (Fsp3) is 0.0476. The van der Waals surface area contributed by atoms with Crippen LogP contribution < -0.4 is 21.1 Å². The molecule has 0 aliphatic carbocycles. The lowest BCUT2D eigenvalue weighted by molar-refractivity contribution is -0.119. The maximum Gasteiger partial charge on any atom is 0.338 e. The van der Waals surface area contributed by atoms with Crippen LogP contribution in [0.2, 0.25) is 5.02 Å². The fourth-order valence-corrected chi connectivity index (χ4v) is 4.40. The molecule has 0 bridgehead atoms. The molecule has 8 heteroatoms. The minimum atomic E-state index is -0.810. The first-order valence-electron chi connectivity index (χ1n) is 8.81. The number of anilines is 3. The van der Waals surface area contributed by atoms with Gasteiger partial charge >= 0.3 is 6.03 Å². The highest BCUT2D eigenvalue weighted by molar-refractivity contribution is 7.99. The lowest BCUT2D eigenvalue weighted by Gasteiger charge is -2.32. The number of carbonyl (C=O) groups excluding carboxylic acids is 2. The van der Waals surface area contributed by atoms with Crippen LogP contribution in [0.25, 0.3) is 0 Å². The molecule has 0 radical (unpaired) electrons. The van der Waals surface area contributed by atoms with E-state index in [9.17, 15) is 9.59 Å². The van der Waals surface area contributed by atoms with E-state index in [4.69, 9.17) is 17.3 Å². The molecule has 29 heavy (non-hydrogen) atoms. The fourth-order valence-electron chi connectivity index (χ4n) is 3.12. The normalized spacial score (nSPS) is 12.0. The van der Waals surface area contributed by atoms with Gasteiger partial charge in [0, 0.05) is 14.8 Å². The van der Waals surface area contributed by atoms with Crippen molar-refractivity contribution in [2.24, 2.45) is 5.73 Å². The number of hydrogen-bond donors (Lipinski definition) is 2. The smallest absolute Gasteiger partial charge is 0.338 e. The Labute approximate surface area is 177 Å². The zero-order chi connectivity index (χ0) is 20.4. The molecule has 3 N–H and O–H groups in total. The predicted molar refractivity (Wildman–Crippen MR) is 116 cm³/mol. The van der Waals surface area contributed by atoms with Gasteiger partial charge in [0.2, 0.25) is 0 Å². The maximum absolute atomic E-state index is 12.9. The number of nitrogens with zero attached hydrogens (tertiary/aromatic N) is 2. The van der Waals surface area contributed by atoms with Gasteiger partial charge < -0.3 is 10.6 Å². The van der Waals surface area contributed by atoms with Crippen molar-refractivity contribution in [3.05, 3.63) is 77.8 Å². The number of para-hydroxylation sites is 2. The molecule has 0 saturated carbocycles. The summed E-state index contributed by atoms with van der Waals surface area (Å²) in [5.74, 6) is -0.389. The minimum Gasteiger partial charge on any atom is -0.350 e. The van der Waals surface area contributed by atoms with Gasteiger partial charge in [-0.3, -0.25) is 10.2 Å². The van der Waals surface area contributed by atoms with E-state index in [1.54, 1.807) is 36.0 Å². The lowest BCUT2D eigenvalue weighted by atomic mass is 10.2. The van der Waals surface area contributed by atoms with Gasteiger partial charge in [-0.05, 0) is 42.5 Å². The Hall–Kier alpha value is -3.16. The van der Waals surface area contributed by atoms with Crippen LogP contribution in [0.15, 0.2) is 82.6 Å². The number of fused-ring (bicyclic) bond motifs is 2. The molecule has 1 heterocycles. The van der Waals surface area contributed by atoms with Gasteiger partial charge in [-0.2, -0.15) is 0 Å². The van der Waals surface area contributed by atoms with E-state index in [2.05, 4.69) is 5.43 Å². The molecule has 3 aromatic carbocycles. The van der Waals surface area contributed by atoms with Crippen molar-refractivity contribution in [1.29, 1.82) is 0 Å². The largest absolute Gasteiger partial charge is 0.350 e. The molecule has 0 fully saturated rings. The first kappa shape index (κ1) is 19.2. The summed E-state index contributed by atoms with van der Waals surface area (Å²) in [5.41, 5.74) is 10.3. The van der Waals surface area contributed by atoms with Crippen molar-refractivity contribution in [2.75, 3.05) is 16.5 Å². The highest BCUT2D eigenvalue weighted by atomic mass is 35.5. The molecule has 0 spiro atoms. The molecule has 3 aromatic rings. The standard InChI is InChI=1S/C21H17ClN4O2S/c22-14-6-5-7-15(12-14)26(21(23)28)24-20(27)13-25-16-8-1-3-10-18(16)29-19-11-4-2-9-17(19)25/h1-12H,13H2,(H2,23,28)(H,24,27). The maximum atomic E-state index is 12.9. The number of carbonyl (C=O) groups is 2. The molecule has 1 aliphatic heterocycles. The van der Waals surface area contributed by atoms with Crippen molar-refractivity contribution < 1.29 is 9.59 Å². The van der Waals surface area contributed by atoms with E-state index in [0.29, 0.717) is 10.7 Å². The van der Waals surface area contributed by atoms with Gasteiger partial charge in [0.25, 0.3) is 5.91 Å². The quantitative estimate of drug-likeness (QED) is 0.604. The number of rotatable bonds is 3. The van der Waals surface area contributed by atoms with E-state index in [1.807, 2.05) is 53.4 Å². The van der Waals surface area contributed by atoms with Crippen LogP contribution in [0, 0.1) is 0 Å². The van der Waals surface area contributed by atoms with Crippen molar-refractivity contribution in [3.8, 4) is 0 Å². The summed E-state index contributed by atoms with van der Waals surface area (Å²) in [7, 11) is 0. The molecule has 0 saturated heterocycles. The van der Waals surface area contributed by atoms with Gasteiger partial charge in [0.15, 0.2) is 0 Å². The molecular formula is C21H17ClN4O2S. The van der Waals surface area contributed by atoms with Crippen molar-refractivity contribution in [3.63, 3.8) is 0 Å². The summed E-state index contributed by atoms with van der Waals surface area (Å²) in [4.78, 5) is 28.8. The van der Waals surface area contributed by atoms with Gasteiger partial charge in [-0.1, -0.05) is 53.7 Å². The number of urea groups is 1. The first-order valence-corrected chi connectivity index (χ1v) is 10.0. The van der Waals surface area contributed by atoms with Gasteiger partial charge in [0.05, 0.1) is 17.1 Å². The van der Waals surface area contributed by atoms with Gasteiger partial charge in [-0.15, -0.1) is 0 Å². The summed E-state index contributed by atoms with van der Waals surface area (Å²) in [6.07, 6.45) is 0. The summed E-state index contributed by atoms with van der Waals surface area (Å²) in [6, 6.07) is 21.5. The van der Waals surface area contributed by atoms with Gasteiger partial charge in [0.1, 0.15) is 6.54 Å². The average molecular weight is 425 g/mol. The Morgan fingerprint density at radius 1 is 0.966 bits per heavy atom. The summed E-state index contributed by atoms with van der Waals surface area (Å²) >= 11 is 7.65. The second-order valence-corrected chi connectivity index (χ2v) is 7.83. The molecule has 3 amide bonds. The van der Waals surface area contributed by atoms with Crippen LogP contribution in [0.3, 0.4) is 0 Å². The zero-order valence-corrected chi connectivity index (χ0v) is 16.8. The van der Waals surface area contributed by atoms with Crippen LogP contribution in [0.4, 0.5) is 21.9 Å². The van der Waals surface area contributed by atoms with Crippen LogP contribution in [-0.4, -0.2) is 18.5 Å². The van der Waals surface area contributed by atoms with E-state index < -0.39 is 6.03 Å². The Morgan fingerprint density at radius 2 is 1.59 bits per heavy atom. The minimum absolute atomic E-state index is 0.0128. The molecule has 6 nitrogen and oxygen atoms in total. The SMILES string of the molecule is NC(=O)N(NC(=O)CN1c2ccccc2Sc2ccccc21)c1cccc(Cl)c1. The molecule has 0 aromatic heterocycles.